The molecule has 14 rings (SSSR count). The molecule has 0 amide bonds. The summed E-state index contributed by atoms with van der Waals surface area (Å²) in [6, 6.07) is 64.7. The lowest BCUT2D eigenvalue weighted by Crippen LogP contribution is -1.88. The SMILES string of the molecule is c1ccc(-c2cc3ccc(-c4ccc5oc6c(ccc7oc8ccccc8c76)c5c4)cc3c3cc(-c4ccc5oc6cc7c(cc6c5c4)oc4ccccc47)ccc23)cc1. The topological polar surface area (TPSA) is 52.6 Å². The number of benzene rings is 10. The Morgan fingerprint density at radius 1 is 0.233 bits per heavy atom. The van der Waals surface area contributed by atoms with E-state index >= 15 is 0 Å². The van der Waals surface area contributed by atoms with E-state index in [0.29, 0.717) is 0 Å². The monoisotopic (exact) mass is 766 g/mol. The Bertz CT molecular complexity index is 4120. The number of para-hydroxylation sites is 2. The highest BCUT2D eigenvalue weighted by molar-refractivity contribution is 6.23. The molecule has 0 N–H and O–H groups in total. The smallest absolute Gasteiger partial charge is 0.147 e. The fourth-order valence-corrected chi connectivity index (χ4v) is 9.76. The minimum Gasteiger partial charge on any atom is -0.456 e. The zero-order valence-corrected chi connectivity index (χ0v) is 32.0. The molecule has 0 spiro atoms. The number of fused-ring (bicyclic) bond motifs is 16. The molecule has 4 aromatic heterocycles. The Hall–Kier alpha value is -8.08. The highest BCUT2D eigenvalue weighted by Gasteiger charge is 2.19. The van der Waals surface area contributed by atoms with Gasteiger partial charge in [-0.3, -0.25) is 0 Å². The van der Waals surface area contributed by atoms with Gasteiger partial charge in [0.1, 0.15) is 44.7 Å². The van der Waals surface area contributed by atoms with Crippen LogP contribution < -0.4 is 0 Å². The van der Waals surface area contributed by atoms with E-state index in [2.05, 4.69) is 146 Å². The summed E-state index contributed by atoms with van der Waals surface area (Å²) in [7, 11) is 0. The van der Waals surface area contributed by atoms with Crippen molar-refractivity contribution < 1.29 is 17.7 Å². The normalized spacial score (nSPS) is 12.3. The summed E-state index contributed by atoms with van der Waals surface area (Å²) in [6.07, 6.45) is 0. The molecule has 0 bridgehead atoms. The Morgan fingerprint density at radius 3 is 1.50 bits per heavy atom. The van der Waals surface area contributed by atoms with Crippen LogP contribution in [0.5, 0.6) is 0 Å². The summed E-state index contributed by atoms with van der Waals surface area (Å²) in [5, 5.41) is 13.3. The quantitative estimate of drug-likeness (QED) is 0.168. The van der Waals surface area contributed by atoms with Crippen molar-refractivity contribution in [3.8, 4) is 33.4 Å². The third kappa shape index (κ3) is 4.50. The van der Waals surface area contributed by atoms with Crippen LogP contribution in [0, 0.1) is 0 Å². The van der Waals surface area contributed by atoms with E-state index in [1.165, 1.54) is 32.7 Å². The molecule has 60 heavy (non-hydrogen) atoms. The minimum atomic E-state index is 0.834. The molecule has 0 radical (unpaired) electrons. The van der Waals surface area contributed by atoms with Crippen molar-refractivity contribution in [3.63, 3.8) is 0 Å². The molecule has 0 aliphatic carbocycles. The van der Waals surface area contributed by atoms with Gasteiger partial charge in [-0.2, -0.15) is 0 Å². The molecule has 4 heteroatoms. The second-order valence-electron chi connectivity index (χ2n) is 16.0. The second-order valence-corrected chi connectivity index (χ2v) is 16.0. The fourth-order valence-electron chi connectivity index (χ4n) is 9.76. The Morgan fingerprint density at radius 2 is 0.733 bits per heavy atom. The second kappa shape index (κ2) is 11.8. The van der Waals surface area contributed by atoms with E-state index in [0.717, 1.165) is 110 Å². The summed E-state index contributed by atoms with van der Waals surface area (Å²) in [5.74, 6) is 0. The summed E-state index contributed by atoms with van der Waals surface area (Å²) < 4.78 is 25.5. The summed E-state index contributed by atoms with van der Waals surface area (Å²) in [4.78, 5) is 0. The highest BCUT2D eigenvalue weighted by atomic mass is 16.3. The first kappa shape index (κ1) is 31.9. The fraction of sp³-hybridized carbons (Fsp3) is 0. The summed E-state index contributed by atoms with van der Waals surface area (Å²) in [6.45, 7) is 0. The maximum Gasteiger partial charge on any atom is 0.147 e. The van der Waals surface area contributed by atoms with Gasteiger partial charge in [-0.15, -0.1) is 0 Å². The molecular formula is C56H30O4. The molecule has 14 aromatic rings. The molecule has 4 heterocycles. The zero-order chi connectivity index (χ0) is 39.1. The van der Waals surface area contributed by atoms with Crippen LogP contribution in [0.1, 0.15) is 0 Å². The number of hydrogen-bond donors (Lipinski definition) is 0. The van der Waals surface area contributed by atoms with Crippen LogP contribution >= 0.6 is 0 Å². The average Bonchev–Trinajstić information content (AvgIpc) is 4.07. The van der Waals surface area contributed by atoms with Gasteiger partial charge < -0.3 is 17.7 Å². The van der Waals surface area contributed by atoms with Gasteiger partial charge in [-0.25, -0.2) is 0 Å². The van der Waals surface area contributed by atoms with E-state index in [9.17, 15) is 0 Å². The lowest BCUT2D eigenvalue weighted by atomic mass is 9.89. The summed E-state index contributed by atoms with van der Waals surface area (Å²) >= 11 is 0. The van der Waals surface area contributed by atoms with Crippen molar-refractivity contribution in [2.45, 2.75) is 0 Å². The lowest BCUT2D eigenvalue weighted by molar-refractivity contribution is 0.663. The summed E-state index contributed by atoms with van der Waals surface area (Å²) in [5.41, 5.74) is 13.8. The molecule has 0 aliphatic heterocycles. The first-order valence-corrected chi connectivity index (χ1v) is 20.3. The molecule has 4 nitrogen and oxygen atoms in total. The van der Waals surface area contributed by atoms with Crippen LogP contribution in [0.4, 0.5) is 0 Å². The van der Waals surface area contributed by atoms with E-state index in [-0.39, 0.29) is 0 Å². The standard InChI is InChI=1S/C56H30O4/c1-2-8-31(9-3-1)41-28-36-15-14-32(34-18-22-51-44(26-34)39-20-23-52-55(56(39)60-51)40-11-5-7-13-49(40)57-52)24-42(36)43-25-33(16-19-37(41)43)35-17-21-50-45(27-35)47-30-53-46(29-54(47)59-50)38-10-4-6-12-48(38)58-53/h1-30H. The Kier molecular flexibility index (Phi) is 6.26. The number of furan rings is 4. The van der Waals surface area contributed by atoms with E-state index in [1.54, 1.807) is 0 Å². The van der Waals surface area contributed by atoms with Crippen molar-refractivity contribution in [2.24, 2.45) is 0 Å². The maximum absolute atomic E-state index is 6.57. The van der Waals surface area contributed by atoms with Gasteiger partial charge >= 0.3 is 0 Å². The van der Waals surface area contributed by atoms with Crippen molar-refractivity contribution in [1.29, 1.82) is 0 Å². The predicted octanol–water partition coefficient (Wildman–Crippen LogP) is 16.6. The average molecular weight is 767 g/mol. The third-order valence-corrected chi connectivity index (χ3v) is 12.7. The highest BCUT2D eigenvalue weighted by Crippen LogP contribution is 2.43. The van der Waals surface area contributed by atoms with E-state index < -0.39 is 0 Å². The van der Waals surface area contributed by atoms with Gasteiger partial charge in [-0.05, 0) is 134 Å². The van der Waals surface area contributed by atoms with Crippen LogP contribution in [0.15, 0.2) is 200 Å². The van der Waals surface area contributed by atoms with Crippen LogP contribution in [0.2, 0.25) is 0 Å². The van der Waals surface area contributed by atoms with Crippen molar-refractivity contribution >= 4 is 109 Å². The van der Waals surface area contributed by atoms with Gasteiger partial charge in [0.05, 0.1) is 5.39 Å². The number of hydrogen-bond acceptors (Lipinski definition) is 4. The zero-order valence-electron chi connectivity index (χ0n) is 32.0. The van der Waals surface area contributed by atoms with Gasteiger partial charge in [0, 0.05) is 37.7 Å². The minimum absolute atomic E-state index is 0.834. The molecule has 0 unspecified atom stereocenters. The molecular weight excluding hydrogens is 737 g/mol. The largest absolute Gasteiger partial charge is 0.456 e. The molecule has 0 saturated heterocycles. The molecule has 0 fully saturated rings. The van der Waals surface area contributed by atoms with Crippen LogP contribution in [-0.2, 0) is 0 Å². The third-order valence-electron chi connectivity index (χ3n) is 12.7. The lowest BCUT2D eigenvalue weighted by Gasteiger charge is -2.14. The number of rotatable bonds is 3. The Balaban J connectivity index is 0.950. The van der Waals surface area contributed by atoms with Gasteiger partial charge in [0.2, 0.25) is 0 Å². The van der Waals surface area contributed by atoms with Gasteiger partial charge in [0.15, 0.2) is 0 Å². The van der Waals surface area contributed by atoms with Gasteiger partial charge in [0.25, 0.3) is 0 Å². The molecule has 278 valence electrons. The van der Waals surface area contributed by atoms with Crippen LogP contribution in [0.3, 0.4) is 0 Å². The molecule has 0 atom stereocenters. The van der Waals surface area contributed by atoms with Crippen molar-refractivity contribution in [1.82, 2.24) is 0 Å². The molecule has 0 aliphatic rings. The molecule has 10 aromatic carbocycles. The predicted molar refractivity (Wildman–Crippen MR) is 247 cm³/mol. The van der Waals surface area contributed by atoms with Crippen molar-refractivity contribution in [3.05, 3.63) is 182 Å². The maximum atomic E-state index is 6.57. The first-order chi connectivity index (χ1) is 29.7. The van der Waals surface area contributed by atoms with Crippen LogP contribution in [0.25, 0.3) is 143 Å². The van der Waals surface area contributed by atoms with Crippen LogP contribution in [-0.4, -0.2) is 0 Å². The first-order valence-electron chi connectivity index (χ1n) is 20.3. The van der Waals surface area contributed by atoms with Crippen molar-refractivity contribution in [2.75, 3.05) is 0 Å². The van der Waals surface area contributed by atoms with Gasteiger partial charge in [-0.1, -0.05) is 103 Å². The van der Waals surface area contributed by atoms with E-state index in [1.807, 2.05) is 36.4 Å². The Labute approximate surface area is 341 Å². The molecule has 0 saturated carbocycles. The van der Waals surface area contributed by atoms with E-state index in [4.69, 9.17) is 17.7 Å².